The Morgan fingerprint density at radius 3 is 2.47 bits per heavy atom. The van der Waals surface area contributed by atoms with Crippen LogP contribution >= 0.6 is 0 Å². The van der Waals surface area contributed by atoms with Crippen molar-refractivity contribution in [2.75, 3.05) is 44.9 Å². The molecule has 3 N–H and O–H groups in total. The van der Waals surface area contributed by atoms with E-state index in [1.165, 1.54) is 18.5 Å². The summed E-state index contributed by atoms with van der Waals surface area (Å²) in [6.07, 6.45) is 2.65. The number of allylic oxidation sites excluding steroid dienone is 4. The molecule has 0 bridgehead atoms. The lowest BCUT2D eigenvalue weighted by molar-refractivity contribution is -0.0929. The third-order valence-electron chi connectivity index (χ3n) is 6.57. The topological polar surface area (TPSA) is 104 Å². The van der Waals surface area contributed by atoms with Crippen molar-refractivity contribution in [1.29, 1.82) is 0 Å². The van der Waals surface area contributed by atoms with Crippen molar-refractivity contribution in [3.8, 4) is 11.3 Å². The second kappa shape index (κ2) is 19.1. The van der Waals surface area contributed by atoms with Crippen molar-refractivity contribution >= 4 is 23.2 Å². The highest BCUT2D eigenvalue weighted by atomic mass is 19.4. The van der Waals surface area contributed by atoms with Gasteiger partial charge < -0.3 is 25.6 Å². The third-order valence-corrected chi connectivity index (χ3v) is 6.57. The summed E-state index contributed by atoms with van der Waals surface area (Å²) in [5.74, 6) is 0.727. The molecule has 1 aromatic carbocycles. The number of alkyl halides is 3. The van der Waals surface area contributed by atoms with E-state index in [1.54, 1.807) is 43.6 Å². The zero-order valence-electron chi connectivity index (χ0n) is 28.4. The first-order chi connectivity index (χ1) is 22.5. The summed E-state index contributed by atoms with van der Waals surface area (Å²) in [6, 6.07) is 10.4. The number of hydrogen-bond donors (Lipinski definition) is 3. The van der Waals surface area contributed by atoms with Crippen LogP contribution in [0.4, 0.5) is 30.5 Å². The Balaban J connectivity index is 0.00000185. The number of hydrogen-bond acceptors (Lipinski definition) is 8. The minimum Gasteiger partial charge on any atom is -0.491 e. The molecule has 0 fully saturated rings. The number of carbonyl (C=O) groups excluding carboxylic acids is 1. The highest BCUT2D eigenvalue weighted by molar-refractivity contribution is 5.97. The summed E-state index contributed by atoms with van der Waals surface area (Å²) in [4.78, 5) is 28.4. The molecule has 0 unspecified atom stereocenters. The molecule has 2 heterocycles. The predicted octanol–water partition coefficient (Wildman–Crippen LogP) is 8.04. The van der Waals surface area contributed by atoms with E-state index in [9.17, 15) is 18.0 Å². The summed E-state index contributed by atoms with van der Waals surface area (Å²) in [5, 5.41) is 8.91. The fourth-order valence-corrected chi connectivity index (χ4v) is 4.24. The van der Waals surface area contributed by atoms with Gasteiger partial charge in [-0.3, -0.25) is 4.79 Å². The molecule has 254 valence electrons. The lowest BCUT2D eigenvalue weighted by atomic mass is 10.1. The number of halogens is 3. The molecule has 1 amide bonds. The maximum Gasteiger partial charge on any atom is 0.413 e. The van der Waals surface area contributed by atoms with Gasteiger partial charge in [0.05, 0.1) is 18.0 Å². The minimum absolute atomic E-state index is 0.0536. The number of pyridine rings is 1. The Morgan fingerprint density at radius 2 is 1.79 bits per heavy atom. The fraction of sp³-hybridized carbons (Fsp3) is 0.371. The molecule has 4 rings (SSSR count). The highest BCUT2D eigenvalue weighted by Gasteiger charge is 2.34. The van der Waals surface area contributed by atoms with Crippen LogP contribution < -0.4 is 16.0 Å². The first-order valence-electron chi connectivity index (χ1n) is 15.7. The second-order valence-corrected chi connectivity index (χ2v) is 10.1. The molecular weight excluding hydrogens is 607 g/mol. The number of anilines is 3. The van der Waals surface area contributed by atoms with Gasteiger partial charge in [-0.05, 0) is 75.8 Å². The van der Waals surface area contributed by atoms with Crippen molar-refractivity contribution in [2.45, 2.75) is 53.6 Å². The molecule has 2 aromatic heterocycles. The molecule has 9 nitrogen and oxygen atoms in total. The molecule has 0 saturated heterocycles. The number of carbonyl (C=O) groups is 1. The van der Waals surface area contributed by atoms with Crippen LogP contribution in [-0.2, 0) is 4.74 Å². The quantitative estimate of drug-likeness (QED) is 0.179. The number of aromatic nitrogens is 3. The highest BCUT2D eigenvalue weighted by Crippen LogP contribution is 2.32. The molecule has 0 atom stereocenters. The molecule has 0 aliphatic heterocycles. The van der Waals surface area contributed by atoms with Crippen molar-refractivity contribution in [1.82, 2.24) is 25.2 Å². The molecule has 3 aromatic rings. The van der Waals surface area contributed by atoms with Crippen molar-refractivity contribution in [2.24, 2.45) is 0 Å². The van der Waals surface area contributed by atoms with Crippen LogP contribution in [0.5, 0.6) is 0 Å². The number of nitrogens with one attached hydrogen (secondary N) is 3. The van der Waals surface area contributed by atoms with Crippen LogP contribution in [0.15, 0.2) is 84.2 Å². The first kappa shape index (κ1) is 38.5. The number of ether oxygens (including phenoxy) is 1. The van der Waals surface area contributed by atoms with E-state index in [-0.39, 0.29) is 30.0 Å². The molecule has 12 heteroatoms. The van der Waals surface area contributed by atoms with Gasteiger partial charge in [0.2, 0.25) is 0 Å². The van der Waals surface area contributed by atoms with Crippen molar-refractivity contribution < 1.29 is 22.7 Å². The summed E-state index contributed by atoms with van der Waals surface area (Å²) < 4.78 is 46.8. The molecule has 0 radical (unpaired) electrons. The van der Waals surface area contributed by atoms with Crippen molar-refractivity contribution in [3.63, 3.8) is 0 Å². The lowest BCUT2D eigenvalue weighted by Gasteiger charge is -2.16. The molecule has 47 heavy (non-hydrogen) atoms. The number of benzene rings is 1. The molecule has 0 saturated carbocycles. The average molecular weight is 654 g/mol. The van der Waals surface area contributed by atoms with E-state index in [0.717, 1.165) is 18.2 Å². The normalized spacial score (nSPS) is 12.6. The van der Waals surface area contributed by atoms with Gasteiger partial charge in [-0.2, -0.15) is 13.2 Å². The van der Waals surface area contributed by atoms with Gasteiger partial charge in [-0.1, -0.05) is 39.8 Å². The largest absolute Gasteiger partial charge is 0.491 e. The van der Waals surface area contributed by atoms with Gasteiger partial charge in [0, 0.05) is 48.2 Å². The van der Waals surface area contributed by atoms with Crippen LogP contribution in [0.3, 0.4) is 0 Å². The number of amides is 1. The maximum absolute atomic E-state index is 13.7. The molecule has 0 spiro atoms. The summed E-state index contributed by atoms with van der Waals surface area (Å²) in [5.41, 5.74) is 2.17. The van der Waals surface area contributed by atoms with Gasteiger partial charge in [-0.25, -0.2) is 15.0 Å². The zero-order valence-corrected chi connectivity index (χ0v) is 28.4. The Kier molecular flexibility index (Phi) is 15.6. The summed E-state index contributed by atoms with van der Waals surface area (Å²) in [6.45, 7) is 10.9. The van der Waals surface area contributed by atoms with Crippen LogP contribution in [0, 0.1) is 6.92 Å². The monoisotopic (exact) mass is 653 g/mol. The maximum atomic E-state index is 13.7. The van der Waals surface area contributed by atoms with Gasteiger partial charge in [0.15, 0.2) is 0 Å². The van der Waals surface area contributed by atoms with Gasteiger partial charge >= 0.3 is 6.18 Å². The molecule has 1 aliphatic rings. The SMILES string of the molecule is CC.CC.CNc1cc(-c2cccnc2Nc2cc(C(=O)NC3=C(OCCCN(C)C)C=CCC(C(F)(F)F)=C3)ccc2C)ncn1. The fourth-order valence-electron chi connectivity index (χ4n) is 4.24. The van der Waals surface area contributed by atoms with E-state index in [2.05, 4.69) is 30.9 Å². The Labute approximate surface area is 276 Å². The Bertz CT molecular complexity index is 1550. The third kappa shape index (κ3) is 11.5. The van der Waals surface area contributed by atoms with E-state index in [4.69, 9.17) is 4.74 Å². The Morgan fingerprint density at radius 1 is 1.04 bits per heavy atom. The predicted molar refractivity (Wildman–Crippen MR) is 183 cm³/mol. The van der Waals surface area contributed by atoms with Crippen molar-refractivity contribution in [3.05, 3.63) is 95.3 Å². The number of aryl methyl sites for hydroxylation is 1. The minimum atomic E-state index is -4.56. The van der Waals surface area contributed by atoms with E-state index < -0.39 is 17.7 Å². The van der Waals surface area contributed by atoms with E-state index >= 15 is 0 Å². The second-order valence-electron chi connectivity index (χ2n) is 10.1. The Hall–Kier alpha value is -4.71. The number of nitrogens with zero attached hydrogens (tertiary/aromatic N) is 4. The lowest BCUT2D eigenvalue weighted by Crippen LogP contribution is -2.25. The van der Waals surface area contributed by atoms with Gasteiger partial charge in [-0.15, -0.1) is 0 Å². The molecule has 1 aliphatic carbocycles. The summed E-state index contributed by atoms with van der Waals surface area (Å²) in [7, 11) is 5.60. The average Bonchev–Trinajstić information content (AvgIpc) is 3.28. The van der Waals surface area contributed by atoms with Crippen LogP contribution in [0.25, 0.3) is 11.3 Å². The van der Waals surface area contributed by atoms with Crippen LogP contribution in [-0.4, -0.2) is 66.2 Å². The molecular formula is C35H46F3N7O2. The van der Waals surface area contributed by atoms with E-state index in [1.807, 2.05) is 59.7 Å². The first-order valence-corrected chi connectivity index (χ1v) is 15.7. The summed E-state index contributed by atoms with van der Waals surface area (Å²) >= 11 is 0. The van der Waals surface area contributed by atoms with E-state index in [0.29, 0.717) is 35.0 Å². The number of rotatable bonds is 11. The smallest absolute Gasteiger partial charge is 0.413 e. The zero-order chi connectivity index (χ0) is 35.0. The standard InChI is InChI=1S/C31H34F3N7O2.2C2H6/c1-20-11-12-21(16-24(20)39-29-23(9-6-13-36-29)25-18-28(35-2)38-19-37-25)30(42)40-26-17-22(31(32,33)34)8-5-10-27(26)43-15-7-14-41(3)4;2*1-2/h5-6,9-13,16-19H,7-8,14-15H2,1-4H3,(H,36,39)(H,40,42)(H,35,37,38);2*1-2H3. The van der Waals surface area contributed by atoms with Crippen LogP contribution in [0.1, 0.15) is 56.5 Å². The van der Waals surface area contributed by atoms with Gasteiger partial charge in [0.1, 0.15) is 23.7 Å². The van der Waals surface area contributed by atoms with Gasteiger partial charge in [0.25, 0.3) is 5.91 Å². The van der Waals surface area contributed by atoms with Crippen LogP contribution in [0.2, 0.25) is 0 Å².